The monoisotopic (exact) mass is 182 g/mol. The van der Waals surface area contributed by atoms with E-state index in [1.54, 1.807) is 6.08 Å². The first-order valence-electron chi connectivity index (χ1n) is 4.43. The fraction of sp³-hybridized carbons (Fsp3) is 0. The van der Waals surface area contributed by atoms with Gasteiger partial charge in [0.15, 0.2) is 0 Å². The van der Waals surface area contributed by atoms with Crippen molar-refractivity contribution in [2.45, 2.75) is 0 Å². The van der Waals surface area contributed by atoms with E-state index in [2.05, 4.69) is 26.3 Å². The lowest BCUT2D eigenvalue weighted by Crippen LogP contribution is -2.23. The van der Waals surface area contributed by atoms with E-state index in [1.807, 2.05) is 30.4 Å². The fourth-order valence-electron chi connectivity index (χ4n) is 1.33. The first-order valence-corrected chi connectivity index (χ1v) is 4.43. The third-order valence-corrected chi connectivity index (χ3v) is 2.08. The predicted octanol–water partition coefficient (Wildman–Crippen LogP) is 2.35. The molecule has 1 aromatic rings. The zero-order chi connectivity index (χ0) is 10.6. The highest BCUT2D eigenvalue weighted by Crippen LogP contribution is 2.06. The van der Waals surface area contributed by atoms with E-state index in [-0.39, 0.29) is 0 Å². The fourth-order valence-corrected chi connectivity index (χ4v) is 1.33. The van der Waals surface area contributed by atoms with Crippen LogP contribution in [0.25, 0.3) is 24.8 Å². The summed E-state index contributed by atoms with van der Waals surface area (Å²) in [5.74, 6) is 0. The summed E-state index contributed by atoms with van der Waals surface area (Å²) >= 11 is 0. The van der Waals surface area contributed by atoms with E-state index < -0.39 is 0 Å². The Morgan fingerprint density at radius 2 is 1.50 bits per heavy atom. The van der Waals surface area contributed by atoms with Crippen LogP contribution in [-0.2, 0) is 0 Å². The Labute approximate surface area is 84.9 Å². The number of allylic oxidation sites excluding steroid dienone is 1. The SMILES string of the molecule is C=C/C=c1/cc(C=C)c(C=C)cc1=C. The maximum atomic E-state index is 3.96. The second-order valence-electron chi connectivity index (χ2n) is 2.99. The van der Waals surface area contributed by atoms with Crippen molar-refractivity contribution in [2.24, 2.45) is 0 Å². The summed E-state index contributed by atoms with van der Waals surface area (Å²) in [6.45, 7) is 15.1. The molecule has 0 N–H and O–H groups in total. The summed E-state index contributed by atoms with van der Waals surface area (Å²) in [6.07, 6.45) is 7.31. The van der Waals surface area contributed by atoms with Crippen LogP contribution in [0.5, 0.6) is 0 Å². The van der Waals surface area contributed by atoms with Crippen LogP contribution in [0.2, 0.25) is 0 Å². The van der Waals surface area contributed by atoms with Gasteiger partial charge >= 0.3 is 0 Å². The average Bonchev–Trinajstić information content (AvgIpc) is 2.20. The Morgan fingerprint density at radius 1 is 0.929 bits per heavy atom. The van der Waals surface area contributed by atoms with Crippen LogP contribution in [0.1, 0.15) is 11.1 Å². The van der Waals surface area contributed by atoms with Gasteiger partial charge in [-0.05, 0) is 33.7 Å². The van der Waals surface area contributed by atoms with Crippen molar-refractivity contribution in [3.8, 4) is 0 Å². The third-order valence-electron chi connectivity index (χ3n) is 2.08. The van der Waals surface area contributed by atoms with Crippen molar-refractivity contribution in [3.63, 3.8) is 0 Å². The van der Waals surface area contributed by atoms with Gasteiger partial charge in [-0.3, -0.25) is 0 Å². The highest BCUT2D eigenvalue weighted by Gasteiger charge is 1.94. The molecule has 0 spiro atoms. The van der Waals surface area contributed by atoms with E-state index >= 15 is 0 Å². The topological polar surface area (TPSA) is 0 Å². The van der Waals surface area contributed by atoms with E-state index in [0.29, 0.717) is 0 Å². The van der Waals surface area contributed by atoms with Crippen LogP contribution in [-0.4, -0.2) is 0 Å². The average molecular weight is 182 g/mol. The van der Waals surface area contributed by atoms with Crippen LogP contribution in [0.3, 0.4) is 0 Å². The molecular weight excluding hydrogens is 168 g/mol. The molecule has 0 atom stereocenters. The molecule has 0 saturated carbocycles. The van der Waals surface area contributed by atoms with E-state index in [1.165, 1.54) is 0 Å². The van der Waals surface area contributed by atoms with Gasteiger partial charge in [-0.15, -0.1) is 0 Å². The minimum Gasteiger partial charge on any atom is -0.0990 e. The number of benzene rings is 1. The van der Waals surface area contributed by atoms with Gasteiger partial charge < -0.3 is 0 Å². The largest absolute Gasteiger partial charge is 0.0990 e. The minimum atomic E-state index is 0.977. The Morgan fingerprint density at radius 3 is 2.00 bits per heavy atom. The second-order valence-corrected chi connectivity index (χ2v) is 2.99. The van der Waals surface area contributed by atoms with Crippen molar-refractivity contribution in [1.82, 2.24) is 0 Å². The Kier molecular flexibility index (Phi) is 3.24. The summed E-state index contributed by atoms with van der Waals surface area (Å²) < 4.78 is 0. The molecule has 0 aliphatic heterocycles. The summed E-state index contributed by atoms with van der Waals surface area (Å²) in [5, 5.41) is 2.05. The maximum Gasteiger partial charge on any atom is -0.0184 e. The molecule has 0 saturated heterocycles. The van der Waals surface area contributed by atoms with Gasteiger partial charge in [-0.1, -0.05) is 50.6 Å². The zero-order valence-electron chi connectivity index (χ0n) is 8.29. The second kappa shape index (κ2) is 4.43. The molecule has 0 fully saturated rings. The maximum absolute atomic E-state index is 3.96. The van der Waals surface area contributed by atoms with E-state index in [0.717, 1.165) is 21.6 Å². The van der Waals surface area contributed by atoms with Gasteiger partial charge in [0.1, 0.15) is 0 Å². The van der Waals surface area contributed by atoms with Crippen molar-refractivity contribution in [1.29, 1.82) is 0 Å². The predicted molar refractivity (Wildman–Crippen MR) is 66.1 cm³/mol. The quantitative estimate of drug-likeness (QED) is 0.673. The summed E-state index contributed by atoms with van der Waals surface area (Å²) in [6, 6.07) is 4.04. The number of rotatable bonds is 3. The molecule has 14 heavy (non-hydrogen) atoms. The molecule has 0 aromatic heterocycles. The normalized spacial score (nSPS) is 11.0. The van der Waals surface area contributed by atoms with Crippen molar-refractivity contribution in [3.05, 3.63) is 59.5 Å². The molecule has 0 nitrogen and oxygen atoms in total. The van der Waals surface area contributed by atoms with Crippen LogP contribution < -0.4 is 10.4 Å². The van der Waals surface area contributed by atoms with Gasteiger partial charge in [-0.25, -0.2) is 0 Å². The summed E-state index contributed by atoms with van der Waals surface area (Å²) in [7, 11) is 0. The third kappa shape index (κ3) is 1.91. The van der Waals surface area contributed by atoms with Gasteiger partial charge in [0.2, 0.25) is 0 Å². The molecule has 0 aliphatic carbocycles. The van der Waals surface area contributed by atoms with Gasteiger partial charge in [0.05, 0.1) is 0 Å². The number of hydrogen-bond donors (Lipinski definition) is 0. The Bertz CT molecular complexity index is 475. The Hall–Kier alpha value is -1.82. The summed E-state index contributed by atoms with van der Waals surface area (Å²) in [5.41, 5.74) is 2.13. The van der Waals surface area contributed by atoms with Gasteiger partial charge in [0.25, 0.3) is 0 Å². The van der Waals surface area contributed by atoms with Crippen LogP contribution >= 0.6 is 0 Å². The van der Waals surface area contributed by atoms with Gasteiger partial charge in [0, 0.05) is 0 Å². The lowest BCUT2D eigenvalue weighted by atomic mass is 10.0. The molecule has 70 valence electrons. The molecule has 0 heterocycles. The number of hydrogen-bond acceptors (Lipinski definition) is 0. The highest BCUT2D eigenvalue weighted by molar-refractivity contribution is 5.64. The zero-order valence-corrected chi connectivity index (χ0v) is 8.29. The minimum absolute atomic E-state index is 0.977. The molecule has 1 rings (SSSR count). The van der Waals surface area contributed by atoms with Crippen molar-refractivity contribution >= 4 is 24.8 Å². The van der Waals surface area contributed by atoms with E-state index in [4.69, 9.17) is 0 Å². The molecule has 1 aromatic carbocycles. The smallest absolute Gasteiger partial charge is 0.0184 e. The molecule has 0 aliphatic rings. The van der Waals surface area contributed by atoms with Crippen molar-refractivity contribution in [2.75, 3.05) is 0 Å². The first kappa shape index (κ1) is 10.3. The molecule has 0 amide bonds. The van der Waals surface area contributed by atoms with Crippen LogP contribution in [0, 0.1) is 0 Å². The molecular formula is C14H14. The summed E-state index contributed by atoms with van der Waals surface area (Å²) in [4.78, 5) is 0. The van der Waals surface area contributed by atoms with Crippen LogP contribution in [0.4, 0.5) is 0 Å². The molecule has 0 heteroatoms. The highest BCUT2D eigenvalue weighted by atomic mass is 14.0. The van der Waals surface area contributed by atoms with E-state index in [9.17, 15) is 0 Å². The standard InChI is InChI=1S/C14H14/c1-5-8-14-10-13(7-3)12(6-2)9-11(14)4/h5-10H,1-4H2/b14-8-. The van der Waals surface area contributed by atoms with Crippen molar-refractivity contribution < 1.29 is 0 Å². The Balaban J connectivity index is 3.61. The van der Waals surface area contributed by atoms with Crippen LogP contribution in [0.15, 0.2) is 37.9 Å². The van der Waals surface area contributed by atoms with Gasteiger partial charge in [-0.2, -0.15) is 0 Å². The first-order chi connectivity index (χ1) is 6.72. The molecule has 0 radical (unpaired) electrons. The molecule has 0 unspecified atom stereocenters. The molecule has 0 bridgehead atoms. The lowest BCUT2D eigenvalue weighted by Gasteiger charge is -2.00. The lowest BCUT2D eigenvalue weighted by molar-refractivity contribution is 1.49.